The molecule has 2 atom stereocenters. The molecule has 0 radical (unpaired) electrons. The van der Waals surface area contributed by atoms with Gasteiger partial charge in [0.25, 0.3) is 0 Å². The average molecular weight is 405 g/mol. The molecular formula is C24H24FN3O2. The molecule has 1 fully saturated rings. The van der Waals surface area contributed by atoms with Gasteiger partial charge >= 0.3 is 0 Å². The maximum Gasteiger partial charge on any atom is 0.147 e. The van der Waals surface area contributed by atoms with Crippen LogP contribution in [-0.4, -0.2) is 46.1 Å². The second kappa shape index (κ2) is 8.66. The summed E-state index contributed by atoms with van der Waals surface area (Å²) in [7, 11) is 0. The largest absolute Gasteiger partial charge is 0.476 e. The van der Waals surface area contributed by atoms with Gasteiger partial charge in [0.05, 0.1) is 6.04 Å². The van der Waals surface area contributed by atoms with Gasteiger partial charge in [-0.2, -0.15) is 0 Å². The summed E-state index contributed by atoms with van der Waals surface area (Å²) >= 11 is 0. The van der Waals surface area contributed by atoms with Gasteiger partial charge in [0.1, 0.15) is 35.5 Å². The first-order valence-electron chi connectivity index (χ1n) is 10.0. The highest BCUT2D eigenvalue weighted by Crippen LogP contribution is 2.27. The van der Waals surface area contributed by atoms with E-state index in [0.717, 1.165) is 28.8 Å². The van der Waals surface area contributed by atoms with Gasteiger partial charge in [0.15, 0.2) is 0 Å². The molecule has 30 heavy (non-hydrogen) atoms. The second-order valence-electron chi connectivity index (χ2n) is 7.64. The van der Waals surface area contributed by atoms with Gasteiger partial charge in [-0.3, -0.25) is 9.88 Å². The Morgan fingerprint density at radius 2 is 1.90 bits per heavy atom. The normalized spacial score (nSPS) is 19.7. The number of halogens is 1. The number of para-hydroxylation sites is 1. The second-order valence-corrected chi connectivity index (χ2v) is 7.64. The lowest BCUT2D eigenvalue weighted by Gasteiger charge is -2.45. The number of ether oxygens (including phenoxy) is 1. The van der Waals surface area contributed by atoms with Gasteiger partial charge in [-0.15, -0.1) is 0 Å². The van der Waals surface area contributed by atoms with Crippen molar-refractivity contribution < 1.29 is 13.9 Å². The smallest absolute Gasteiger partial charge is 0.147 e. The van der Waals surface area contributed by atoms with Crippen molar-refractivity contribution in [2.24, 2.45) is 0 Å². The number of rotatable bonds is 5. The molecule has 1 aliphatic rings. The topological polar surface area (TPSA) is 45.7 Å². The Morgan fingerprint density at radius 3 is 2.67 bits per heavy atom. The monoisotopic (exact) mass is 405 g/mol. The van der Waals surface area contributed by atoms with Crippen LogP contribution in [0.5, 0.6) is 5.75 Å². The summed E-state index contributed by atoms with van der Waals surface area (Å²) in [5, 5.41) is 1.02. The summed E-state index contributed by atoms with van der Waals surface area (Å²) in [6.45, 7) is 5.66. The van der Waals surface area contributed by atoms with Crippen LogP contribution in [0.4, 0.5) is 4.39 Å². The zero-order valence-corrected chi connectivity index (χ0v) is 17.1. The average Bonchev–Trinajstić information content (AvgIpc) is 2.76. The summed E-state index contributed by atoms with van der Waals surface area (Å²) < 4.78 is 19.3. The van der Waals surface area contributed by atoms with Crippen molar-refractivity contribution >= 4 is 16.8 Å². The fourth-order valence-corrected chi connectivity index (χ4v) is 3.93. The van der Waals surface area contributed by atoms with E-state index in [1.807, 2.05) is 42.2 Å². The van der Waals surface area contributed by atoms with Gasteiger partial charge in [-0.25, -0.2) is 9.18 Å². The third-order valence-electron chi connectivity index (χ3n) is 5.64. The summed E-state index contributed by atoms with van der Waals surface area (Å²) in [6.07, 6.45) is 1.75. The fourth-order valence-electron chi connectivity index (χ4n) is 3.93. The lowest BCUT2D eigenvalue weighted by atomic mass is 10.0. The highest BCUT2D eigenvalue weighted by Gasteiger charge is 2.34. The van der Waals surface area contributed by atoms with E-state index in [9.17, 15) is 9.18 Å². The molecule has 0 bridgehead atoms. The molecule has 2 heterocycles. The molecule has 0 saturated carbocycles. The van der Waals surface area contributed by atoms with Gasteiger partial charge in [-0.05, 0) is 43.7 Å². The first-order chi connectivity index (χ1) is 14.6. The minimum Gasteiger partial charge on any atom is -0.476 e. The quantitative estimate of drug-likeness (QED) is 0.600. The zero-order chi connectivity index (χ0) is 21.1. The molecule has 1 aromatic heterocycles. The third-order valence-corrected chi connectivity index (χ3v) is 5.64. The predicted octanol–water partition coefficient (Wildman–Crippen LogP) is 4.02. The lowest BCUT2D eigenvalue weighted by Crippen LogP contribution is -2.55. The van der Waals surface area contributed by atoms with Crippen molar-refractivity contribution in [1.29, 1.82) is 0 Å². The van der Waals surface area contributed by atoms with Crippen molar-refractivity contribution in [3.05, 3.63) is 77.9 Å². The van der Waals surface area contributed by atoms with Gasteiger partial charge < -0.3 is 9.64 Å². The molecule has 1 aliphatic heterocycles. The zero-order valence-electron chi connectivity index (χ0n) is 17.1. The van der Waals surface area contributed by atoms with Gasteiger partial charge in [0.2, 0.25) is 0 Å². The summed E-state index contributed by atoms with van der Waals surface area (Å²) in [4.78, 5) is 20.4. The summed E-state index contributed by atoms with van der Waals surface area (Å²) in [5.74, 6) is 2.59. The Hall–Kier alpha value is -3.21. The van der Waals surface area contributed by atoms with Crippen molar-refractivity contribution in [1.82, 2.24) is 14.8 Å². The van der Waals surface area contributed by atoms with Crippen LogP contribution in [-0.2, 0) is 11.3 Å². The molecule has 0 aliphatic carbocycles. The Morgan fingerprint density at radius 1 is 1.13 bits per heavy atom. The molecule has 3 aromatic rings. The van der Waals surface area contributed by atoms with E-state index in [-0.39, 0.29) is 17.9 Å². The highest BCUT2D eigenvalue weighted by atomic mass is 19.1. The minimum absolute atomic E-state index is 0.0805. The number of nitrogens with zero attached hydrogens (tertiary/aromatic N) is 3. The molecule has 5 nitrogen and oxygen atoms in total. The van der Waals surface area contributed by atoms with Crippen LogP contribution in [0.25, 0.3) is 10.9 Å². The molecule has 0 unspecified atom stereocenters. The van der Waals surface area contributed by atoms with Crippen molar-refractivity contribution in [3.8, 4) is 5.75 Å². The van der Waals surface area contributed by atoms with Crippen molar-refractivity contribution in [2.75, 3.05) is 13.3 Å². The minimum atomic E-state index is -0.267. The van der Waals surface area contributed by atoms with Gasteiger partial charge in [-0.1, -0.05) is 30.3 Å². The van der Waals surface area contributed by atoms with Crippen molar-refractivity contribution in [3.63, 3.8) is 0 Å². The Bertz CT molecular complexity index is 1070. The van der Waals surface area contributed by atoms with Crippen LogP contribution in [0, 0.1) is 5.82 Å². The van der Waals surface area contributed by atoms with Crippen LogP contribution < -0.4 is 4.74 Å². The van der Waals surface area contributed by atoms with Crippen LogP contribution in [0.2, 0.25) is 0 Å². The van der Waals surface area contributed by atoms with E-state index >= 15 is 0 Å². The Labute approximate surface area is 175 Å². The molecule has 2 aromatic carbocycles. The molecular weight excluding hydrogens is 381 g/mol. The number of fused-ring (bicyclic) bond motifs is 1. The number of hydrogen-bond acceptors (Lipinski definition) is 5. The fraction of sp³-hybridized carbons (Fsp3) is 0.292. The molecule has 0 amide bonds. The lowest BCUT2D eigenvalue weighted by molar-refractivity contribution is 0.0290. The molecule has 1 saturated heterocycles. The number of pyridine rings is 1. The maximum absolute atomic E-state index is 13.2. The Balaban J connectivity index is 1.48. The predicted molar refractivity (Wildman–Crippen MR) is 114 cm³/mol. The van der Waals surface area contributed by atoms with E-state index in [0.29, 0.717) is 19.0 Å². The standard InChI is InChI=1S/C24H24FN3O2/c1-17-13-27(16-30-23-7-3-5-20-6-4-12-26-24(20)23)18(2)22(15-29)28(17)14-19-8-10-21(25)11-9-19/h3-12,17-18H,13-14,16H2,1-2H3/t17-,18+/m0/s1. The molecule has 4 rings (SSSR count). The molecule has 6 heteroatoms. The van der Waals surface area contributed by atoms with Crippen LogP contribution in [0.3, 0.4) is 0 Å². The molecule has 0 spiro atoms. The van der Waals surface area contributed by atoms with E-state index in [4.69, 9.17) is 4.74 Å². The van der Waals surface area contributed by atoms with Crippen LogP contribution in [0.1, 0.15) is 19.4 Å². The van der Waals surface area contributed by atoms with Crippen molar-refractivity contribution in [2.45, 2.75) is 32.5 Å². The van der Waals surface area contributed by atoms with E-state index in [1.54, 1.807) is 18.3 Å². The van der Waals surface area contributed by atoms with E-state index in [1.165, 1.54) is 12.1 Å². The number of piperazine rings is 1. The van der Waals surface area contributed by atoms with Crippen LogP contribution in [0.15, 0.2) is 66.5 Å². The summed E-state index contributed by atoms with van der Waals surface area (Å²) in [5.41, 5.74) is 2.36. The van der Waals surface area contributed by atoms with E-state index < -0.39 is 0 Å². The highest BCUT2D eigenvalue weighted by molar-refractivity contribution is 5.84. The third kappa shape index (κ3) is 4.06. The Kier molecular flexibility index (Phi) is 5.79. The molecule has 154 valence electrons. The number of benzene rings is 2. The van der Waals surface area contributed by atoms with Crippen LogP contribution >= 0.6 is 0 Å². The number of carbonyl (C=O) groups excluding carboxylic acids is 1. The number of aromatic nitrogens is 1. The first-order valence-corrected chi connectivity index (χ1v) is 10.0. The van der Waals surface area contributed by atoms with E-state index in [2.05, 4.69) is 22.7 Å². The SMILES string of the molecule is C[C@@H]1C(=C=O)N(Cc2ccc(F)cc2)[C@@H](C)CN1COc1cccc2cccnc12. The summed E-state index contributed by atoms with van der Waals surface area (Å²) in [6, 6.07) is 16.1. The molecule has 0 N–H and O–H groups in total. The van der Waals surface area contributed by atoms with Gasteiger partial charge in [0, 0.05) is 30.7 Å². The maximum atomic E-state index is 13.2. The number of hydrogen-bond donors (Lipinski definition) is 0. The first kappa shape index (κ1) is 20.1.